The van der Waals surface area contributed by atoms with Crippen LogP contribution in [0.4, 0.5) is 0 Å². The van der Waals surface area contributed by atoms with Gasteiger partial charge in [0.15, 0.2) is 0 Å². The van der Waals surface area contributed by atoms with Gasteiger partial charge in [-0.25, -0.2) is 4.98 Å². The van der Waals surface area contributed by atoms with Gasteiger partial charge >= 0.3 is 0 Å². The quantitative estimate of drug-likeness (QED) is 0.715. The SMILES string of the molecule is O=C(c1ccc2nc[nH]c2c1)N1CC[C@](O)(c2ccccc2)[C@@H]2CCCC[C@H]21. The van der Waals surface area contributed by atoms with Crippen molar-refractivity contribution in [1.29, 1.82) is 0 Å². The van der Waals surface area contributed by atoms with Crippen LogP contribution in [0.2, 0.25) is 0 Å². The van der Waals surface area contributed by atoms with Crippen LogP contribution in [0, 0.1) is 5.92 Å². The zero-order valence-corrected chi connectivity index (χ0v) is 15.8. The molecule has 2 fully saturated rings. The van der Waals surface area contributed by atoms with E-state index in [0.717, 1.165) is 42.3 Å². The van der Waals surface area contributed by atoms with Crippen LogP contribution in [0.25, 0.3) is 11.0 Å². The largest absolute Gasteiger partial charge is 0.385 e. The molecule has 28 heavy (non-hydrogen) atoms. The van der Waals surface area contributed by atoms with Gasteiger partial charge in [-0.1, -0.05) is 43.2 Å². The van der Waals surface area contributed by atoms with E-state index in [4.69, 9.17) is 0 Å². The molecule has 3 atom stereocenters. The Hall–Kier alpha value is -2.66. The average Bonchev–Trinajstić information content (AvgIpc) is 3.22. The smallest absolute Gasteiger partial charge is 0.254 e. The lowest BCUT2D eigenvalue weighted by Crippen LogP contribution is -2.58. The summed E-state index contributed by atoms with van der Waals surface area (Å²) in [6.45, 7) is 0.576. The van der Waals surface area contributed by atoms with Crippen LogP contribution in [0.5, 0.6) is 0 Å². The summed E-state index contributed by atoms with van der Waals surface area (Å²) in [5, 5.41) is 11.7. The number of piperidine rings is 1. The maximum atomic E-state index is 13.4. The van der Waals surface area contributed by atoms with E-state index in [-0.39, 0.29) is 17.9 Å². The summed E-state index contributed by atoms with van der Waals surface area (Å²) in [7, 11) is 0. The van der Waals surface area contributed by atoms with Crippen molar-refractivity contribution in [1.82, 2.24) is 14.9 Å². The van der Waals surface area contributed by atoms with Crippen LogP contribution in [0.3, 0.4) is 0 Å². The number of imidazole rings is 1. The number of hydrogen-bond donors (Lipinski definition) is 2. The fourth-order valence-corrected chi connectivity index (χ4v) is 5.26. The van der Waals surface area contributed by atoms with E-state index in [2.05, 4.69) is 9.97 Å². The predicted molar refractivity (Wildman–Crippen MR) is 108 cm³/mol. The summed E-state index contributed by atoms with van der Waals surface area (Å²) in [5.41, 5.74) is 2.56. The van der Waals surface area contributed by atoms with Crippen molar-refractivity contribution < 1.29 is 9.90 Å². The molecule has 5 heteroatoms. The van der Waals surface area contributed by atoms with E-state index in [1.165, 1.54) is 0 Å². The Balaban J connectivity index is 1.47. The van der Waals surface area contributed by atoms with E-state index in [1.807, 2.05) is 53.4 Å². The topological polar surface area (TPSA) is 69.2 Å². The van der Waals surface area contributed by atoms with E-state index < -0.39 is 5.60 Å². The van der Waals surface area contributed by atoms with Crippen molar-refractivity contribution in [3.05, 3.63) is 66.0 Å². The van der Waals surface area contributed by atoms with Crippen LogP contribution < -0.4 is 0 Å². The van der Waals surface area contributed by atoms with Crippen LogP contribution in [0.1, 0.15) is 48.0 Å². The second-order valence-corrected chi connectivity index (χ2v) is 8.13. The first kappa shape index (κ1) is 17.4. The lowest BCUT2D eigenvalue weighted by Gasteiger charge is -2.52. The molecule has 2 heterocycles. The number of carbonyl (C=O) groups excluding carboxylic acids is 1. The number of hydrogen-bond acceptors (Lipinski definition) is 3. The van der Waals surface area contributed by atoms with E-state index >= 15 is 0 Å². The molecule has 3 aromatic rings. The number of H-pyrrole nitrogens is 1. The molecule has 5 nitrogen and oxygen atoms in total. The highest BCUT2D eigenvalue weighted by Gasteiger charge is 2.50. The fourth-order valence-electron chi connectivity index (χ4n) is 5.26. The third-order valence-corrected chi connectivity index (χ3v) is 6.68. The number of aromatic amines is 1. The molecule has 1 amide bonds. The van der Waals surface area contributed by atoms with E-state index in [9.17, 15) is 9.90 Å². The molecule has 1 aliphatic heterocycles. The molecule has 0 spiro atoms. The summed E-state index contributed by atoms with van der Waals surface area (Å²) < 4.78 is 0. The third-order valence-electron chi connectivity index (χ3n) is 6.68. The summed E-state index contributed by atoms with van der Waals surface area (Å²) in [6.07, 6.45) is 6.36. The predicted octanol–water partition coefficient (Wildman–Crippen LogP) is 3.86. The number of likely N-dealkylation sites (tertiary alicyclic amines) is 1. The molecule has 2 aromatic carbocycles. The van der Waals surface area contributed by atoms with E-state index in [0.29, 0.717) is 18.5 Å². The van der Waals surface area contributed by atoms with Crippen LogP contribution in [-0.2, 0) is 5.60 Å². The Kier molecular flexibility index (Phi) is 4.20. The molecule has 2 N–H and O–H groups in total. The van der Waals surface area contributed by atoms with Gasteiger partial charge in [0.05, 0.1) is 23.0 Å². The second kappa shape index (κ2) is 6.74. The Morgan fingerprint density at radius 2 is 1.96 bits per heavy atom. The van der Waals surface area contributed by atoms with Crippen LogP contribution in [0.15, 0.2) is 54.9 Å². The average molecular weight is 375 g/mol. The number of aromatic nitrogens is 2. The van der Waals surface area contributed by atoms with Crippen molar-refractivity contribution in [2.24, 2.45) is 5.92 Å². The van der Waals surface area contributed by atoms with Crippen molar-refractivity contribution in [2.75, 3.05) is 6.54 Å². The zero-order chi connectivity index (χ0) is 19.1. The molecule has 0 unspecified atom stereocenters. The summed E-state index contributed by atoms with van der Waals surface area (Å²) in [4.78, 5) is 22.7. The van der Waals surface area contributed by atoms with Gasteiger partial charge in [-0.05, 0) is 43.0 Å². The number of benzene rings is 2. The third kappa shape index (κ3) is 2.73. The van der Waals surface area contributed by atoms with Gasteiger partial charge < -0.3 is 15.0 Å². The molecule has 144 valence electrons. The van der Waals surface area contributed by atoms with Gasteiger partial charge in [-0.15, -0.1) is 0 Å². The Bertz CT molecular complexity index is 999. The van der Waals surface area contributed by atoms with Crippen LogP contribution >= 0.6 is 0 Å². The first-order chi connectivity index (χ1) is 13.7. The minimum absolute atomic E-state index is 0.0588. The van der Waals surface area contributed by atoms with Crippen molar-refractivity contribution in [3.8, 4) is 0 Å². The highest BCUT2D eigenvalue weighted by molar-refractivity contribution is 5.97. The first-order valence-electron chi connectivity index (χ1n) is 10.2. The first-order valence-corrected chi connectivity index (χ1v) is 10.2. The highest BCUT2D eigenvalue weighted by Crippen LogP contribution is 2.47. The van der Waals surface area contributed by atoms with E-state index in [1.54, 1.807) is 6.33 Å². The van der Waals surface area contributed by atoms with Crippen molar-refractivity contribution in [3.63, 3.8) is 0 Å². The van der Waals surface area contributed by atoms with Crippen LogP contribution in [-0.4, -0.2) is 38.5 Å². The Morgan fingerprint density at radius 1 is 1.14 bits per heavy atom. The van der Waals surface area contributed by atoms with Gasteiger partial charge in [0, 0.05) is 24.1 Å². The van der Waals surface area contributed by atoms with Gasteiger partial charge in [-0.3, -0.25) is 4.79 Å². The van der Waals surface area contributed by atoms with Gasteiger partial charge in [0.1, 0.15) is 0 Å². The molecule has 2 aliphatic rings. The lowest BCUT2D eigenvalue weighted by molar-refractivity contribution is -0.110. The van der Waals surface area contributed by atoms with Gasteiger partial charge in [0.2, 0.25) is 0 Å². The number of carbonyl (C=O) groups is 1. The molecule has 1 aromatic heterocycles. The Labute approximate surface area is 164 Å². The van der Waals surface area contributed by atoms with Crippen molar-refractivity contribution in [2.45, 2.75) is 43.7 Å². The standard InChI is InChI=1S/C23H25N3O2/c27-22(16-10-11-19-20(14-16)25-15-24-19)26-13-12-23(28,17-6-2-1-3-7-17)18-8-4-5-9-21(18)26/h1-3,6-7,10-11,14-15,18,21,28H,4-5,8-9,12-13H2,(H,24,25)/t18-,21-,23+/m1/s1. The normalized spacial score (nSPS) is 27.5. The summed E-state index contributed by atoms with van der Waals surface area (Å²) in [5.74, 6) is 0.140. The number of fused-ring (bicyclic) bond motifs is 2. The fraction of sp³-hybridized carbons (Fsp3) is 0.391. The molecule has 1 saturated heterocycles. The minimum atomic E-state index is -0.851. The highest BCUT2D eigenvalue weighted by atomic mass is 16.3. The second-order valence-electron chi connectivity index (χ2n) is 8.13. The number of nitrogens with zero attached hydrogens (tertiary/aromatic N) is 2. The Morgan fingerprint density at radius 3 is 2.82 bits per heavy atom. The molecule has 0 radical (unpaired) electrons. The van der Waals surface area contributed by atoms with Gasteiger partial charge in [0.25, 0.3) is 5.91 Å². The number of aliphatic hydroxyl groups is 1. The minimum Gasteiger partial charge on any atom is -0.385 e. The molecular weight excluding hydrogens is 350 g/mol. The molecule has 0 bridgehead atoms. The summed E-state index contributed by atoms with van der Waals surface area (Å²) in [6, 6.07) is 15.7. The summed E-state index contributed by atoms with van der Waals surface area (Å²) >= 11 is 0. The maximum absolute atomic E-state index is 13.4. The number of amides is 1. The monoisotopic (exact) mass is 375 g/mol. The van der Waals surface area contributed by atoms with Gasteiger partial charge in [-0.2, -0.15) is 0 Å². The number of rotatable bonds is 2. The zero-order valence-electron chi connectivity index (χ0n) is 15.8. The maximum Gasteiger partial charge on any atom is 0.254 e. The number of nitrogens with one attached hydrogen (secondary N) is 1. The molecular formula is C23H25N3O2. The molecule has 1 saturated carbocycles. The van der Waals surface area contributed by atoms with Crippen molar-refractivity contribution >= 4 is 16.9 Å². The molecule has 1 aliphatic carbocycles. The lowest BCUT2D eigenvalue weighted by atomic mass is 9.66. The molecule has 5 rings (SSSR count).